The molecule has 1 amide bonds. The number of likely N-dealkylation sites (tertiary alicyclic amines) is 1. The van der Waals surface area contributed by atoms with Crippen LogP contribution in [0.4, 0.5) is 0 Å². The minimum atomic E-state index is -0.0582. The third-order valence-electron chi connectivity index (χ3n) is 4.93. The Morgan fingerprint density at radius 2 is 2.23 bits per heavy atom. The van der Waals surface area contributed by atoms with Crippen molar-refractivity contribution in [3.8, 4) is 0 Å². The lowest BCUT2D eigenvalue weighted by Crippen LogP contribution is -2.40. The lowest BCUT2D eigenvalue weighted by atomic mass is 9.97. The maximum Gasteiger partial charge on any atom is 0.345 e. The van der Waals surface area contributed by atoms with Crippen LogP contribution in [0.2, 0.25) is 0 Å². The highest BCUT2D eigenvalue weighted by atomic mass is 16.2. The van der Waals surface area contributed by atoms with Gasteiger partial charge in [0.25, 0.3) is 5.91 Å². The molecule has 26 heavy (non-hydrogen) atoms. The molecule has 8 heteroatoms. The molecule has 1 fully saturated rings. The minimum Gasteiger partial charge on any atom is -0.357 e. The molecule has 0 radical (unpaired) electrons. The molecule has 1 aliphatic heterocycles. The number of aromatic amines is 1. The van der Waals surface area contributed by atoms with Gasteiger partial charge in [-0.3, -0.25) is 9.36 Å². The van der Waals surface area contributed by atoms with Gasteiger partial charge in [-0.05, 0) is 46.0 Å². The summed E-state index contributed by atoms with van der Waals surface area (Å²) in [5.41, 5.74) is 0.548. The number of amides is 1. The summed E-state index contributed by atoms with van der Waals surface area (Å²) in [6, 6.07) is 3.62. The number of likely N-dealkylation sites (N-methyl/N-ethyl adjacent to an activating group) is 1. The zero-order valence-corrected chi connectivity index (χ0v) is 15.8. The van der Waals surface area contributed by atoms with Gasteiger partial charge in [0.2, 0.25) is 0 Å². The van der Waals surface area contributed by atoms with Crippen LogP contribution in [0.1, 0.15) is 42.0 Å². The Morgan fingerprint density at radius 1 is 1.42 bits per heavy atom. The summed E-state index contributed by atoms with van der Waals surface area (Å²) in [6.07, 6.45) is 3.62. The van der Waals surface area contributed by atoms with Crippen LogP contribution in [0.3, 0.4) is 0 Å². The average molecular weight is 360 g/mol. The molecule has 0 bridgehead atoms. The fraction of sp³-hybridized carbons (Fsp3) is 0.611. The molecule has 0 spiro atoms. The molecule has 0 aromatic carbocycles. The molecule has 0 unspecified atom stereocenters. The molecule has 0 saturated carbocycles. The number of carbonyl (C=O) groups excluding carboxylic acids is 1. The van der Waals surface area contributed by atoms with Crippen molar-refractivity contribution in [3.63, 3.8) is 0 Å². The molecule has 2 aromatic heterocycles. The van der Waals surface area contributed by atoms with Crippen molar-refractivity contribution >= 4 is 5.91 Å². The van der Waals surface area contributed by atoms with E-state index in [1.54, 1.807) is 21.5 Å². The van der Waals surface area contributed by atoms with Gasteiger partial charge in [-0.2, -0.15) is 5.10 Å². The Balaban J connectivity index is 1.80. The quantitative estimate of drug-likeness (QED) is 0.833. The zero-order chi connectivity index (χ0) is 18.7. The van der Waals surface area contributed by atoms with E-state index in [1.807, 2.05) is 36.9 Å². The minimum absolute atomic E-state index is 0.0112. The average Bonchev–Trinajstić information content (AvgIpc) is 3.27. The molecule has 1 saturated heterocycles. The number of hydrogen-bond acceptors (Lipinski definition) is 4. The predicted molar refractivity (Wildman–Crippen MR) is 99.4 cm³/mol. The van der Waals surface area contributed by atoms with E-state index in [2.05, 4.69) is 10.1 Å². The summed E-state index contributed by atoms with van der Waals surface area (Å²) >= 11 is 0. The van der Waals surface area contributed by atoms with Crippen LogP contribution >= 0.6 is 0 Å². The normalized spacial score (nSPS) is 17.8. The van der Waals surface area contributed by atoms with Crippen molar-refractivity contribution in [1.82, 2.24) is 29.1 Å². The highest BCUT2D eigenvalue weighted by Gasteiger charge is 2.30. The van der Waals surface area contributed by atoms with Crippen molar-refractivity contribution in [2.24, 2.45) is 0 Å². The summed E-state index contributed by atoms with van der Waals surface area (Å²) in [4.78, 5) is 32.2. The lowest BCUT2D eigenvalue weighted by Gasteiger charge is -2.32. The van der Waals surface area contributed by atoms with Gasteiger partial charge in [-0.1, -0.05) is 0 Å². The standard InChI is InChI=1S/C18H28N6O2/c1-4-23-16(20-24(18(23)26)12-11-21(2)3)14-7-6-10-22(13-14)17(25)15-8-5-9-19-15/h5,8-9,14,19H,4,6-7,10-13H2,1-3H3/t14-/m0/s1. The van der Waals surface area contributed by atoms with Crippen LogP contribution in [0, 0.1) is 0 Å². The van der Waals surface area contributed by atoms with E-state index < -0.39 is 0 Å². The molecule has 1 atom stereocenters. The molecular formula is C18H28N6O2. The largest absolute Gasteiger partial charge is 0.357 e. The highest BCUT2D eigenvalue weighted by Crippen LogP contribution is 2.26. The topological polar surface area (TPSA) is 79.2 Å². The smallest absolute Gasteiger partial charge is 0.345 e. The van der Waals surface area contributed by atoms with E-state index in [0.717, 1.165) is 31.8 Å². The van der Waals surface area contributed by atoms with Gasteiger partial charge in [-0.25, -0.2) is 9.48 Å². The maximum atomic E-state index is 12.6. The summed E-state index contributed by atoms with van der Waals surface area (Å²) < 4.78 is 3.31. The number of nitrogens with zero attached hydrogens (tertiary/aromatic N) is 5. The van der Waals surface area contributed by atoms with Crippen LogP contribution < -0.4 is 5.69 Å². The molecule has 3 rings (SSSR count). The van der Waals surface area contributed by atoms with Crippen LogP contribution in [-0.4, -0.2) is 68.8 Å². The second-order valence-corrected chi connectivity index (χ2v) is 7.09. The van der Waals surface area contributed by atoms with E-state index in [-0.39, 0.29) is 17.5 Å². The maximum absolute atomic E-state index is 12.6. The van der Waals surface area contributed by atoms with Crippen LogP contribution in [0.25, 0.3) is 0 Å². The van der Waals surface area contributed by atoms with Gasteiger partial charge >= 0.3 is 5.69 Å². The first-order valence-electron chi connectivity index (χ1n) is 9.26. The van der Waals surface area contributed by atoms with Gasteiger partial charge in [0.1, 0.15) is 11.5 Å². The van der Waals surface area contributed by atoms with Gasteiger partial charge in [-0.15, -0.1) is 0 Å². The molecule has 0 aliphatic carbocycles. The van der Waals surface area contributed by atoms with E-state index in [9.17, 15) is 9.59 Å². The van der Waals surface area contributed by atoms with Gasteiger partial charge in [0.05, 0.1) is 6.54 Å². The first-order chi connectivity index (χ1) is 12.5. The molecule has 2 aromatic rings. The third kappa shape index (κ3) is 3.75. The van der Waals surface area contributed by atoms with Gasteiger partial charge in [0.15, 0.2) is 0 Å². The Bertz CT molecular complexity index is 789. The van der Waals surface area contributed by atoms with Crippen molar-refractivity contribution in [2.75, 3.05) is 33.7 Å². The Morgan fingerprint density at radius 3 is 2.88 bits per heavy atom. The lowest BCUT2D eigenvalue weighted by molar-refractivity contribution is 0.0698. The van der Waals surface area contributed by atoms with Gasteiger partial charge in [0, 0.05) is 38.3 Å². The number of carbonyl (C=O) groups is 1. The van der Waals surface area contributed by atoms with Crippen LogP contribution in [-0.2, 0) is 13.1 Å². The zero-order valence-electron chi connectivity index (χ0n) is 15.8. The van der Waals surface area contributed by atoms with Crippen molar-refractivity contribution in [2.45, 2.75) is 38.8 Å². The second-order valence-electron chi connectivity index (χ2n) is 7.09. The SMILES string of the molecule is CCn1c([C@H]2CCCN(C(=O)c3ccc[nH]3)C2)nn(CCN(C)C)c1=O. The van der Waals surface area contributed by atoms with E-state index in [1.165, 1.54) is 0 Å². The summed E-state index contributed by atoms with van der Waals surface area (Å²) in [5, 5.41) is 4.63. The number of hydrogen-bond donors (Lipinski definition) is 1. The number of H-pyrrole nitrogens is 1. The molecule has 1 aliphatic rings. The third-order valence-corrected chi connectivity index (χ3v) is 4.93. The number of aromatic nitrogens is 4. The van der Waals surface area contributed by atoms with Crippen molar-refractivity contribution < 1.29 is 4.79 Å². The van der Waals surface area contributed by atoms with Gasteiger partial charge < -0.3 is 14.8 Å². The molecule has 3 heterocycles. The Labute approximate surface area is 153 Å². The number of rotatable bonds is 6. The highest BCUT2D eigenvalue weighted by molar-refractivity contribution is 5.92. The first-order valence-corrected chi connectivity index (χ1v) is 9.26. The summed E-state index contributed by atoms with van der Waals surface area (Å²) in [7, 11) is 3.96. The number of piperidine rings is 1. The number of nitrogens with one attached hydrogen (secondary N) is 1. The van der Waals surface area contributed by atoms with Crippen molar-refractivity contribution in [1.29, 1.82) is 0 Å². The monoisotopic (exact) mass is 360 g/mol. The van der Waals surface area contributed by atoms with E-state index >= 15 is 0 Å². The first kappa shape index (κ1) is 18.4. The van der Waals surface area contributed by atoms with Crippen molar-refractivity contribution in [3.05, 3.63) is 40.3 Å². The molecular weight excluding hydrogens is 332 g/mol. The fourth-order valence-corrected chi connectivity index (χ4v) is 3.50. The van der Waals surface area contributed by atoms with E-state index in [4.69, 9.17) is 0 Å². The van der Waals surface area contributed by atoms with E-state index in [0.29, 0.717) is 25.3 Å². The Kier molecular flexibility index (Phi) is 5.61. The fourth-order valence-electron chi connectivity index (χ4n) is 3.50. The van der Waals surface area contributed by atoms with Crippen LogP contribution in [0.15, 0.2) is 23.1 Å². The summed E-state index contributed by atoms with van der Waals surface area (Å²) in [5.74, 6) is 0.910. The Hall–Kier alpha value is -2.35. The summed E-state index contributed by atoms with van der Waals surface area (Å²) in [6.45, 7) is 5.24. The predicted octanol–water partition coefficient (Wildman–Crippen LogP) is 0.974. The molecule has 1 N–H and O–H groups in total. The van der Waals surface area contributed by atoms with Crippen LogP contribution in [0.5, 0.6) is 0 Å². The molecule has 142 valence electrons. The molecule has 8 nitrogen and oxygen atoms in total. The second kappa shape index (κ2) is 7.90.